The maximum atomic E-state index is 13.1. The van der Waals surface area contributed by atoms with Gasteiger partial charge in [0, 0.05) is 24.7 Å². The number of para-hydroxylation sites is 1. The first-order valence-electron chi connectivity index (χ1n) is 10.2. The molecule has 2 aromatic heterocycles. The van der Waals surface area contributed by atoms with Gasteiger partial charge in [0.2, 0.25) is 0 Å². The molecular formula is C22H25N5O2. The van der Waals surface area contributed by atoms with E-state index in [9.17, 15) is 9.59 Å². The van der Waals surface area contributed by atoms with Crippen LogP contribution in [0.4, 0.5) is 5.69 Å². The number of unbranched alkanes of at least 4 members (excludes halogenated alkanes) is 1. The standard InChI is InChI=1S/C22H25N5O2/c1-2-3-12-24-22(29)20-26-19(17-11-4-5-14-27(17)20)21(28)25-16-10-6-8-15-9-7-13-23-18(15)16/h6-10,13H,2-5,11-12,14H2,1H3,(H,24,29)(H,25,28). The molecule has 0 saturated heterocycles. The Balaban J connectivity index is 1.63. The van der Waals surface area contributed by atoms with E-state index in [-0.39, 0.29) is 11.8 Å². The molecule has 3 aromatic rings. The molecule has 7 heteroatoms. The lowest BCUT2D eigenvalue weighted by molar-refractivity contribution is 0.0937. The van der Waals surface area contributed by atoms with Gasteiger partial charge in [-0.3, -0.25) is 14.6 Å². The van der Waals surface area contributed by atoms with E-state index in [0.717, 1.165) is 48.7 Å². The third kappa shape index (κ3) is 3.85. The number of nitrogens with zero attached hydrogens (tertiary/aromatic N) is 3. The van der Waals surface area contributed by atoms with Crippen LogP contribution in [0, 0.1) is 0 Å². The van der Waals surface area contributed by atoms with Crippen LogP contribution in [-0.4, -0.2) is 32.9 Å². The Morgan fingerprint density at radius 1 is 1.14 bits per heavy atom. The summed E-state index contributed by atoms with van der Waals surface area (Å²) in [4.78, 5) is 34.6. The molecule has 0 radical (unpaired) electrons. The van der Waals surface area contributed by atoms with Gasteiger partial charge < -0.3 is 15.2 Å². The first-order chi connectivity index (χ1) is 14.2. The third-order valence-electron chi connectivity index (χ3n) is 5.23. The highest BCUT2D eigenvalue weighted by Gasteiger charge is 2.27. The fraction of sp³-hybridized carbons (Fsp3) is 0.364. The zero-order chi connectivity index (χ0) is 20.2. The molecule has 0 unspecified atom stereocenters. The second-order valence-corrected chi connectivity index (χ2v) is 7.28. The van der Waals surface area contributed by atoms with E-state index in [0.29, 0.717) is 30.3 Å². The normalized spacial score (nSPS) is 13.1. The van der Waals surface area contributed by atoms with Crippen LogP contribution >= 0.6 is 0 Å². The minimum Gasteiger partial charge on any atom is -0.349 e. The average molecular weight is 391 g/mol. The SMILES string of the molecule is CCCCNC(=O)c1nc(C(=O)Nc2cccc3cccnc23)c2n1CCCC2. The van der Waals surface area contributed by atoms with Crippen molar-refractivity contribution in [3.63, 3.8) is 0 Å². The Labute approximate surface area is 169 Å². The van der Waals surface area contributed by atoms with Crippen molar-refractivity contribution < 1.29 is 9.59 Å². The molecule has 0 bridgehead atoms. The zero-order valence-corrected chi connectivity index (χ0v) is 16.6. The molecule has 29 heavy (non-hydrogen) atoms. The lowest BCUT2D eigenvalue weighted by Crippen LogP contribution is -2.28. The van der Waals surface area contributed by atoms with Crippen LogP contribution in [0.1, 0.15) is 59.4 Å². The fourth-order valence-corrected chi connectivity index (χ4v) is 3.74. The quantitative estimate of drug-likeness (QED) is 0.629. The number of aromatic nitrogens is 3. The number of benzene rings is 1. The average Bonchev–Trinajstić information content (AvgIpc) is 3.14. The van der Waals surface area contributed by atoms with E-state index in [1.165, 1.54) is 0 Å². The van der Waals surface area contributed by atoms with Crippen LogP contribution in [0.2, 0.25) is 0 Å². The van der Waals surface area contributed by atoms with E-state index in [2.05, 4.69) is 27.5 Å². The molecule has 150 valence electrons. The monoisotopic (exact) mass is 391 g/mol. The highest BCUT2D eigenvalue weighted by atomic mass is 16.2. The number of rotatable bonds is 6. The summed E-state index contributed by atoms with van der Waals surface area (Å²) < 4.78 is 1.90. The topological polar surface area (TPSA) is 88.9 Å². The molecule has 0 spiro atoms. The molecule has 2 amide bonds. The minimum atomic E-state index is -0.304. The van der Waals surface area contributed by atoms with Gasteiger partial charge in [0.15, 0.2) is 11.5 Å². The highest BCUT2D eigenvalue weighted by molar-refractivity contribution is 6.08. The van der Waals surface area contributed by atoms with Gasteiger partial charge >= 0.3 is 0 Å². The molecule has 0 atom stereocenters. The van der Waals surface area contributed by atoms with Gasteiger partial charge in [0.25, 0.3) is 11.8 Å². The van der Waals surface area contributed by atoms with Crippen LogP contribution in [-0.2, 0) is 13.0 Å². The summed E-state index contributed by atoms with van der Waals surface area (Å²) in [6, 6.07) is 9.48. The van der Waals surface area contributed by atoms with Crippen LogP contribution in [0.25, 0.3) is 10.9 Å². The Hall–Kier alpha value is -3.22. The van der Waals surface area contributed by atoms with E-state index in [1.54, 1.807) is 6.20 Å². The van der Waals surface area contributed by atoms with Gasteiger partial charge in [0.05, 0.1) is 16.9 Å². The van der Waals surface area contributed by atoms with E-state index >= 15 is 0 Å². The Kier molecular flexibility index (Phi) is 5.55. The molecule has 1 aromatic carbocycles. The molecular weight excluding hydrogens is 366 g/mol. The number of anilines is 1. The number of carbonyl (C=O) groups excluding carboxylic acids is 2. The van der Waals surface area contributed by atoms with Crippen LogP contribution in [0.5, 0.6) is 0 Å². The van der Waals surface area contributed by atoms with Gasteiger partial charge in [-0.2, -0.15) is 0 Å². The molecule has 0 fully saturated rings. The summed E-state index contributed by atoms with van der Waals surface area (Å²) in [5.74, 6) is -0.189. The molecule has 3 heterocycles. The maximum Gasteiger partial charge on any atom is 0.287 e. The van der Waals surface area contributed by atoms with Gasteiger partial charge in [-0.25, -0.2) is 4.98 Å². The predicted molar refractivity (Wildman–Crippen MR) is 112 cm³/mol. The summed E-state index contributed by atoms with van der Waals surface area (Å²) in [6.45, 7) is 3.40. The first-order valence-corrected chi connectivity index (χ1v) is 10.2. The van der Waals surface area contributed by atoms with Crippen LogP contribution < -0.4 is 10.6 Å². The van der Waals surface area contributed by atoms with Crippen LogP contribution in [0.3, 0.4) is 0 Å². The number of fused-ring (bicyclic) bond motifs is 2. The van der Waals surface area contributed by atoms with Crippen molar-refractivity contribution >= 4 is 28.4 Å². The molecule has 0 saturated carbocycles. The smallest absolute Gasteiger partial charge is 0.287 e. The number of amides is 2. The van der Waals surface area contributed by atoms with Gasteiger partial charge in [-0.15, -0.1) is 0 Å². The van der Waals surface area contributed by atoms with Crippen LogP contribution in [0.15, 0.2) is 36.5 Å². The van der Waals surface area contributed by atoms with Gasteiger partial charge in [-0.1, -0.05) is 31.5 Å². The lowest BCUT2D eigenvalue weighted by Gasteiger charge is -2.17. The molecule has 4 rings (SSSR count). The summed E-state index contributed by atoms with van der Waals surface area (Å²) in [5.41, 5.74) is 2.54. The second-order valence-electron chi connectivity index (χ2n) is 7.28. The Morgan fingerprint density at radius 2 is 2.00 bits per heavy atom. The fourth-order valence-electron chi connectivity index (χ4n) is 3.74. The van der Waals surface area contributed by atoms with Gasteiger partial charge in [0.1, 0.15) is 0 Å². The summed E-state index contributed by atoms with van der Waals surface area (Å²) in [5, 5.41) is 6.81. The van der Waals surface area contributed by atoms with Crippen molar-refractivity contribution in [2.75, 3.05) is 11.9 Å². The predicted octanol–water partition coefficient (Wildman–Crippen LogP) is 3.55. The second kappa shape index (κ2) is 8.43. The third-order valence-corrected chi connectivity index (χ3v) is 5.23. The molecule has 7 nitrogen and oxygen atoms in total. The number of hydrogen-bond acceptors (Lipinski definition) is 4. The van der Waals surface area contributed by atoms with E-state index in [1.807, 2.05) is 34.9 Å². The molecule has 1 aliphatic rings. The first kappa shape index (κ1) is 19.1. The summed E-state index contributed by atoms with van der Waals surface area (Å²) >= 11 is 0. The van der Waals surface area contributed by atoms with Crippen molar-refractivity contribution in [3.05, 3.63) is 53.7 Å². The number of carbonyl (C=O) groups is 2. The number of imidazole rings is 1. The van der Waals surface area contributed by atoms with Gasteiger partial charge in [-0.05, 0) is 37.8 Å². The van der Waals surface area contributed by atoms with Crippen molar-refractivity contribution in [1.82, 2.24) is 19.9 Å². The Morgan fingerprint density at radius 3 is 2.86 bits per heavy atom. The maximum absolute atomic E-state index is 13.1. The molecule has 2 N–H and O–H groups in total. The zero-order valence-electron chi connectivity index (χ0n) is 16.6. The summed E-state index contributed by atoms with van der Waals surface area (Å²) in [7, 11) is 0. The Bertz CT molecular complexity index is 1050. The van der Waals surface area contributed by atoms with E-state index < -0.39 is 0 Å². The number of pyridine rings is 1. The van der Waals surface area contributed by atoms with Crippen molar-refractivity contribution in [1.29, 1.82) is 0 Å². The molecule has 0 aliphatic carbocycles. The van der Waals surface area contributed by atoms with Crippen molar-refractivity contribution in [2.24, 2.45) is 0 Å². The minimum absolute atomic E-state index is 0.215. The van der Waals surface area contributed by atoms with Crippen molar-refractivity contribution in [2.45, 2.75) is 45.6 Å². The number of hydrogen-bond donors (Lipinski definition) is 2. The largest absolute Gasteiger partial charge is 0.349 e. The number of nitrogens with one attached hydrogen (secondary N) is 2. The van der Waals surface area contributed by atoms with Crippen molar-refractivity contribution in [3.8, 4) is 0 Å². The lowest BCUT2D eigenvalue weighted by atomic mass is 10.1. The van der Waals surface area contributed by atoms with E-state index in [4.69, 9.17) is 0 Å². The summed E-state index contributed by atoms with van der Waals surface area (Å²) in [6.07, 6.45) is 6.33. The molecule has 1 aliphatic heterocycles. The highest BCUT2D eigenvalue weighted by Crippen LogP contribution is 2.24.